The van der Waals surface area contributed by atoms with Gasteiger partial charge in [-0.15, -0.1) is 0 Å². The van der Waals surface area contributed by atoms with Gasteiger partial charge in [0, 0.05) is 0 Å². The third kappa shape index (κ3) is 1.01. The molecule has 2 N–H and O–H groups in total. The van der Waals surface area contributed by atoms with Crippen LogP contribution in [0.4, 0.5) is 0 Å². The van der Waals surface area contributed by atoms with Gasteiger partial charge in [0.05, 0.1) is 0 Å². The summed E-state index contributed by atoms with van der Waals surface area (Å²) in [5.74, 6) is 0.542. The van der Waals surface area contributed by atoms with E-state index in [0.717, 1.165) is 0 Å². The van der Waals surface area contributed by atoms with Gasteiger partial charge in [-0.05, 0) is 25.8 Å². The molecule has 0 spiro atoms. The van der Waals surface area contributed by atoms with E-state index in [1.54, 1.807) is 7.05 Å². The molecule has 0 aliphatic heterocycles. The van der Waals surface area contributed by atoms with Crippen LogP contribution in [-0.4, -0.2) is 18.4 Å². The fraction of sp³-hybridized carbons (Fsp3) is 1.00. The van der Waals surface area contributed by atoms with Crippen molar-refractivity contribution in [1.82, 2.24) is 5.32 Å². The monoisotopic (exact) mass is 115 g/mol. The molecule has 2 nitrogen and oxygen atoms in total. The quantitative estimate of drug-likeness (QED) is 0.508. The highest BCUT2D eigenvalue weighted by atomic mass is 16.3. The van der Waals surface area contributed by atoms with Crippen molar-refractivity contribution in [2.45, 2.75) is 25.5 Å². The molecule has 1 rings (SSSR count). The fourth-order valence-corrected chi connectivity index (χ4v) is 0.991. The van der Waals surface area contributed by atoms with Crippen molar-refractivity contribution in [3.63, 3.8) is 0 Å². The Kier molecular flexibility index (Phi) is 1.86. The first kappa shape index (κ1) is 6.05. The van der Waals surface area contributed by atoms with Crippen LogP contribution in [0.25, 0.3) is 0 Å². The smallest absolute Gasteiger partial charge is 0.107 e. The number of hydrogen-bond acceptors (Lipinski definition) is 2. The molecule has 1 saturated carbocycles. The summed E-state index contributed by atoms with van der Waals surface area (Å²) in [7, 11) is 1.79. The molecule has 2 heteroatoms. The van der Waals surface area contributed by atoms with Gasteiger partial charge in [0.15, 0.2) is 0 Å². The minimum Gasteiger partial charge on any atom is -0.378 e. The molecule has 1 unspecified atom stereocenters. The van der Waals surface area contributed by atoms with Crippen LogP contribution in [-0.2, 0) is 0 Å². The summed E-state index contributed by atoms with van der Waals surface area (Å²) >= 11 is 0. The summed E-state index contributed by atoms with van der Waals surface area (Å²) in [6.45, 7) is 0. The van der Waals surface area contributed by atoms with Crippen molar-refractivity contribution in [3.8, 4) is 0 Å². The van der Waals surface area contributed by atoms with Gasteiger partial charge in [0.25, 0.3) is 0 Å². The summed E-state index contributed by atoms with van der Waals surface area (Å²) in [6, 6.07) is 0. The number of aliphatic hydroxyl groups is 1. The third-order valence-electron chi connectivity index (χ3n) is 1.89. The molecule has 8 heavy (non-hydrogen) atoms. The Morgan fingerprint density at radius 3 is 2.38 bits per heavy atom. The second-order valence-corrected chi connectivity index (χ2v) is 2.42. The summed E-state index contributed by atoms with van der Waals surface area (Å²) in [6.07, 6.45) is 3.44. The first-order valence-electron chi connectivity index (χ1n) is 3.20. The van der Waals surface area contributed by atoms with E-state index in [1.165, 1.54) is 19.3 Å². The number of aliphatic hydroxyl groups excluding tert-OH is 1. The van der Waals surface area contributed by atoms with Crippen LogP contribution in [0.2, 0.25) is 0 Å². The van der Waals surface area contributed by atoms with E-state index in [2.05, 4.69) is 5.32 Å². The zero-order valence-electron chi connectivity index (χ0n) is 5.22. The van der Waals surface area contributed by atoms with E-state index < -0.39 is 0 Å². The maximum absolute atomic E-state index is 9.07. The molecule has 0 radical (unpaired) electrons. The Morgan fingerprint density at radius 2 is 2.25 bits per heavy atom. The highest BCUT2D eigenvalue weighted by Crippen LogP contribution is 2.27. The van der Waals surface area contributed by atoms with Gasteiger partial charge in [-0.1, -0.05) is 6.42 Å². The van der Waals surface area contributed by atoms with E-state index in [9.17, 15) is 0 Å². The highest BCUT2D eigenvalue weighted by Gasteiger charge is 2.23. The van der Waals surface area contributed by atoms with Gasteiger partial charge in [-0.25, -0.2) is 0 Å². The number of rotatable bonds is 2. The molecule has 0 saturated heterocycles. The fourth-order valence-electron chi connectivity index (χ4n) is 0.991. The average molecular weight is 115 g/mol. The van der Waals surface area contributed by atoms with E-state index in [0.29, 0.717) is 5.92 Å². The first-order chi connectivity index (χ1) is 3.84. The standard InChI is InChI=1S/C6H13NO/c1-7-6(8)5-3-2-4-5/h5-8H,2-4H2,1H3. The summed E-state index contributed by atoms with van der Waals surface area (Å²) in [4.78, 5) is 0. The minimum absolute atomic E-state index is 0.247. The zero-order chi connectivity index (χ0) is 5.98. The van der Waals surface area contributed by atoms with Crippen molar-refractivity contribution in [2.24, 2.45) is 5.92 Å². The predicted octanol–water partition coefficient (Wildman–Crippen LogP) is 0.324. The van der Waals surface area contributed by atoms with Crippen LogP contribution in [0.3, 0.4) is 0 Å². The lowest BCUT2D eigenvalue weighted by Gasteiger charge is -2.29. The summed E-state index contributed by atoms with van der Waals surface area (Å²) in [5, 5.41) is 11.9. The molecule has 1 aliphatic rings. The largest absolute Gasteiger partial charge is 0.378 e. The predicted molar refractivity (Wildman–Crippen MR) is 32.4 cm³/mol. The van der Waals surface area contributed by atoms with Gasteiger partial charge in [0.2, 0.25) is 0 Å². The molecule has 0 amide bonds. The van der Waals surface area contributed by atoms with Crippen LogP contribution < -0.4 is 5.32 Å². The van der Waals surface area contributed by atoms with Crippen LogP contribution in [0.5, 0.6) is 0 Å². The van der Waals surface area contributed by atoms with E-state index in [-0.39, 0.29) is 6.23 Å². The van der Waals surface area contributed by atoms with Crippen molar-refractivity contribution in [3.05, 3.63) is 0 Å². The average Bonchev–Trinajstić information content (AvgIpc) is 1.62. The Balaban J connectivity index is 2.13. The van der Waals surface area contributed by atoms with E-state index in [4.69, 9.17) is 5.11 Å². The van der Waals surface area contributed by atoms with Crippen molar-refractivity contribution in [1.29, 1.82) is 0 Å². The minimum atomic E-state index is -0.247. The number of nitrogens with one attached hydrogen (secondary N) is 1. The molecule has 48 valence electrons. The highest BCUT2D eigenvalue weighted by molar-refractivity contribution is 4.73. The molecule has 0 aromatic heterocycles. The lowest BCUT2D eigenvalue weighted by atomic mass is 9.84. The molecule has 0 heterocycles. The van der Waals surface area contributed by atoms with Gasteiger partial charge in [-0.3, -0.25) is 5.32 Å². The Bertz CT molecular complexity index is 68.2. The molecule has 1 aliphatic carbocycles. The van der Waals surface area contributed by atoms with Crippen LogP contribution in [0, 0.1) is 5.92 Å². The van der Waals surface area contributed by atoms with Gasteiger partial charge < -0.3 is 5.11 Å². The lowest BCUT2D eigenvalue weighted by Crippen LogP contribution is -2.36. The van der Waals surface area contributed by atoms with Crippen LogP contribution in [0.15, 0.2) is 0 Å². The molecular weight excluding hydrogens is 102 g/mol. The maximum Gasteiger partial charge on any atom is 0.107 e. The van der Waals surface area contributed by atoms with Gasteiger partial charge in [-0.2, -0.15) is 0 Å². The molecule has 1 atom stereocenters. The van der Waals surface area contributed by atoms with Crippen LogP contribution in [0.1, 0.15) is 19.3 Å². The summed E-state index contributed by atoms with van der Waals surface area (Å²) < 4.78 is 0. The SMILES string of the molecule is CNC(O)C1CCC1. The third-order valence-corrected chi connectivity index (χ3v) is 1.89. The summed E-state index contributed by atoms with van der Waals surface area (Å²) in [5.41, 5.74) is 0. The zero-order valence-corrected chi connectivity index (χ0v) is 5.22. The Hall–Kier alpha value is -0.0800. The van der Waals surface area contributed by atoms with E-state index >= 15 is 0 Å². The molecule has 0 bridgehead atoms. The Morgan fingerprint density at radius 1 is 1.62 bits per heavy atom. The van der Waals surface area contributed by atoms with Crippen molar-refractivity contribution in [2.75, 3.05) is 7.05 Å². The van der Waals surface area contributed by atoms with Gasteiger partial charge in [0.1, 0.15) is 6.23 Å². The molecular formula is C6H13NO. The second-order valence-electron chi connectivity index (χ2n) is 2.42. The maximum atomic E-state index is 9.07. The first-order valence-corrected chi connectivity index (χ1v) is 3.20. The van der Waals surface area contributed by atoms with Crippen molar-refractivity contribution >= 4 is 0 Å². The van der Waals surface area contributed by atoms with Crippen LogP contribution >= 0.6 is 0 Å². The molecule has 0 aromatic carbocycles. The molecule has 0 aromatic rings. The van der Waals surface area contributed by atoms with E-state index in [1.807, 2.05) is 0 Å². The molecule has 1 fully saturated rings. The normalized spacial score (nSPS) is 24.8. The van der Waals surface area contributed by atoms with Gasteiger partial charge >= 0.3 is 0 Å². The lowest BCUT2D eigenvalue weighted by molar-refractivity contribution is 0.0415. The van der Waals surface area contributed by atoms with Crippen molar-refractivity contribution < 1.29 is 5.11 Å². The Labute approximate surface area is 49.9 Å². The second kappa shape index (κ2) is 2.46. The number of hydrogen-bond donors (Lipinski definition) is 2. The topological polar surface area (TPSA) is 32.3 Å².